The molecular weight excluding hydrogens is 456 g/mol. The quantitative estimate of drug-likeness (QED) is 0.396. The third kappa shape index (κ3) is 4.43. The van der Waals surface area contributed by atoms with Crippen LogP contribution >= 0.6 is 0 Å². The van der Waals surface area contributed by atoms with Gasteiger partial charge in [0.25, 0.3) is 5.91 Å². The van der Waals surface area contributed by atoms with Crippen LogP contribution in [-0.2, 0) is 4.74 Å². The van der Waals surface area contributed by atoms with Crippen LogP contribution in [0.4, 0.5) is 0 Å². The van der Waals surface area contributed by atoms with Crippen molar-refractivity contribution in [2.24, 2.45) is 0 Å². The van der Waals surface area contributed by atoms with Gasteiger partial charge in [0.1, 0.15) is 0 Å². The van der Waals surface area contributed by atoms with Gasteiger partial charge < -0.3 is 19.3 Å². The van der Waals surface area contributed by atoms with Gasteiger partial charge in [0, 0.05) is 44.1 Å². The summed E-state index contributed by atoms with van der Waals surface area (Å²) in [6.07, 6.45) is 5.48. The number of aromatic nitrogens is 3. The zero-order valence-electron chi connectivity index (χ0n) is 20.0. The Labute approximate surface area is 208 Å². The summed E-state index contributed by atoms with van der Waals surface area (Å²) < 4.78 is 7.00. The number of rotatable bonds is 8. The molecule has 2 N–H and O–H groups in total. The second kappa shape index (κ2) is 10.2. The lowest BCUT2D eigenvalue weighted by Crippen LogP contribution is -2.46. The number of H-pyrrole nitrogens is 1. The van der Waals surface area contributed by atoms with Crippen LogP contribution < -0.4 is 5.43 Å². The van der Waals surface area contributed by atoms with Crippen molar-refractivity contribution in [2.45, 2.75) is 18.4 Å². The lowest BCUT2D eigenvalue weighted by atomic mass is 9.85. The molecule has 1 amide bonds. The maximum absolute atomic E-state index is 13.4. The number of carbonyl (C=O) groups excluding carboxylic acids is 1. The minimum Gasteiger partial charge on any atom is -0.503 e. The fraction of sp³-hybridized carbons (Fsp3) is 0.250. The number of pyridine rings is 1. The van der Waals surface area contributed by atoms with Crippen LogP contribution in [0.25, 0.3) is 11.1 Å². The van der Waals surface area contributed by atoms with Crippen molar-refractivity contribution in [3.63, 3.8) is 0 Å². The molecule has 2 aromatic carbocycles. The Balaban J connectivity index is 1.64. The topological polar surface area (TPSA) is 100 Å². The monoisotopic (exact) mass is 484 g/mol. The summed E-state index contributed by atoms with van der Waals surface area (Å²) >= 11 is 0. The molecule has 4 aromatic rings. The molecule has 1 aliphatic rings. The van der Waals surface area contributed by atoms with Crippen molar-refractivity contribution in [1.82, 2.24) is 19.7 Å². The molecule has 0 unspecified atom stereocenters. The molecule has 5 rings (SSSR count). The van der Waals surface area contributed by atoms with Crippen LogP contribution in [-0.4, -0.2) is 57.5 Å². The van der Waals surface area contributed by atoms with E-state index in [9.17, 15) is 14.7 Å². The Hall–Kier alpha value is -4.17. The van der Waals surface area contributed by atoms with Gasteiger partial charge in [-0.3, -0.25) is 14.7 Å². The number of fused-ring (bicyclic) bond motifs is 1. The molecule has 0 fully saturated rings. The first kappa shape index (κ1) is 23.6. The lowest BCUT2D eigenvalue weighted by Gasteiger charge is -2.38. The molecule has 2 aromatic heterocycles. The highest BCUT2D eigenvalue weighted by molar-refractivity contribution is 5.96. The van der Waals surface area contributed by atoms with Gasteiger partial charge in [-0.25, -0.2) is 0 Å². The number of benzene rings is 2. The van der Waals surface area contributed by atoms with Gasteiger partial charge in [0.05, 0.1) is 24.4 Å². The highest BCUT2D eigenvalue weighted by atomic mass is 16.5. The zero-order chi connectivity index (χ0) is 25.1. The summed E-state index contributed by atoms with van der Waals surface area (Å²) in [4.78, 5) is 28.1. The van der Waals surface area contributed by atoms with Crippen LogP contribution in [0.3, 0.4) is 0 Å². The fourth-order valence-electron chi connectivity index (χ4n) is 4.99. The molecule has 0 saturated carbocycles. The van der Waals surface area contributed by atoms with Crippen molar-refractivity contribution in [2.75, 3.05) is 26.8 Å². The molecule has 0 radical (unpaired) electrons. The summed E-state index contributed by atoms with van der Waals surface area (Å²) in [5.41, 5.74) is 2.59. The number of methoxy groups -OCH3 is 1. The highest BCUT2D eigenvalue weighted by Gasteiger charge is 2.36. The van der Waals surface area contributed by atoms with Crippen molar-refractivity contribution >= 4 is 5.91 Å². The van der Waals surface area contributed by atoms with Gasteiger partial charge in [0.2, 0.25) is 5.43 Å². The molecule has 0 spiro atoms. The Kier molecular flexibility index (Phi) is 6.69. The average Bonchev–Trinajstić information content (AvgIpc) is 3.45. The van der Waals surface area contributed by atoms with Gasteiger partial charge in [-0.15, -0.1) is 0 Å². The highest BCUT2D eigenvalue weighted by Crippen LogP contribution is 2.37. The zero-order valence-corrected chi connectivity index (χ0v) is 20.0. The van der Waals surface area contributed by atoms with E-state index < -0.39 is 11.2 Å². The number of aromatic amines is 1. The number of amides is 1. The van der Waals surface area contributed by atoms with E-state index >= 15 is 0 Å². The second-order valence-corrected chi connectivity index (χ2v) is 8.97. The fourth-order valence-corrected chi connectivity index (χ4v) is 4.99. The first-order valence-corrected chi connectivity index (χ1v) is 11.9. The molecule has 184 valence electrons. The van der Waals surface area contributed by atoms with E-state index in [-0.39, 0.29) is 23.6 Å². The SMILES string of the molecule is COCCN1C[C@H](CC(c2ccccc2)c2ccccc2)n2cc(-c3cn[nH]c3)c(=O)c(O)c2C1=O. The standard InChI is InChI=1S/C28H28N4O4/c1-36-13-12-31-17-22(14-23(19-8-4-2-5-9-19)20-10-6-3-7-11-20)32-18-24(21-15-29-30-16-21)26(33)27(34)25(32)28(31)35/h2-11,15-16,18,22-23,34H,12-14,17H2,1H3,(H,29,30)/t22-/m0/s1. The number of aromatic hydroxyl groups is 1. The molecule has 8 heteroatoms. The molecular formula is C28H28N4O4. The van der Waals surface area contributed by atoms with Gasteiger partial charge >= 0.3 is 0 Å². The van der Waals surface area contributed by atoms with Crippen LogP contribution in [0, 0.1) is 0 Å². The molecule has 1 atom stereocenters. The van der Waals surface area contributed by atoms with E-state index in [0.29, 0.717) is 37.2 Å². The average molecular weight is 485 g/mol. The molecule has 0 bridgehead atoms. The summed E-state index contributed by atoms with van der Waals surface area (Å²) in [5, 5.41) is 17.6. The van der Waals surface area contributed by atoms with Gasteiger partial charge in [-0.05, 0) is 17.5 Å². The number of ether oxygens (including phenoxy) is 1. The Morgan fingerprint density at radius 1 is 1.08 bits per heavy atom. The van der Waals surface area contributed by atoms with E-state index in [1.807, 2.05) is 36.4 Å². The minimum absolute atomic E-state index is 0.0134. The maximum atomic E-state index is 13.4. The van der Waals surface area contributed by atoms with Crippen LogP contribution in [0.1, 0.15) is 40.0 Å². The molecule has 1 aliphatic heterocycles. The third-order valence-electron chi connectivity index (χ3n) is 6.81. The first-order valence-electron chi connectivity index (χ1n) is 11.9. The van der Waals surface area contributed by atoms with Gasteiger partial charge in [-0.1, -0.05) is 60.7 Å². The summed E-state index contributed by atoms with van der Waals surface area (Å²) in [7, 11) is 1.58. The number of carbonyl (C=O) groups is 1. The number of hydrogen-bond donors (Lipinski definition) is 2. The van der Waals surface area contributed by atoms with Crippen molar-refractivity contribution in [3.05, 3.63) is 106 Å². The minimum atomic E-state index is -0.592. The van der Waals surface area contributed by atoms with Crippen LogP contribution in [0.2, 0.25) is 0 Å². The van der Waals surface area contributed by atoms with E-state index in [0.717, 1.165) is 11.1 Å². The van der Waals surface area contributed by atoms with Crippen LogP contribution in [0.5, 0.6) is 5.75 Å². The van der Waals surface area contributed by atoms with Gasteiger partial charge in [-0.2, -0.15) is 5.10 Å². The molecule has 8 nitrogen and oxygen atoms in total. The normalized spacial score (nSPS) is 15.3. The second-order valence-electron chi connectivity index (χ2n) is 8.97. The Morgan fingerprint density at radius 3 is 2.33 bits per heavy atom. The molecule has 0 saturated heterocycles. The van der Waals surface area contributed by atoms with Crippen LogP contribution in [0.15, 0.2) is 84.0 Å². The van der Waals surface area contributed by atoms with E-state index in [2.05, 4.69) is 34.5 Å². The summed E-state index contributed by atoms with van der Waals surface area (Å²) in [5.74, 6) is -0.879. The van der Waals surface area contributed by atoms with Crippen molar-refractivity contribution in [1.29, 1.82) is 0 Å². The predicted octanol–water partition coefficient (Wildman–Crippen LogP) is 3.81. The Morgan fingerprint density at radius 2 is 1.75 bits per heavy atom. The van der Waals surface area contributed by atoms with Crippen molar-refractivity contribution in [3.8, 4) is 16.9 Å². The summed E-state index contributed by atoms with van der Waals surface area (Å²) in [6, 6.07) is 20.3. The lowest BCUT2D eigenvalue weighted by molar-refractivity contribution is 0.0585. The number of nitrogens with zero attached hydrogens (tertiary/aromatic N) is 3. The first-order chi connectivity index (χ1) is 17.6. The third-order valence-corrected chi connectivity index (χ3v) is 6.81. The molecule has 0 aliphatic carbocycles. The smallest absolute Gasteiger partial charge is 0.274 e. The van der Waals surface area contributed by atoms with Crippen molar-refractivity contribution < 1.29 is 14.6 Å². The number of nitrogens with one attached hydrogen (secondary N) is 1. The summed E-state index contributed by atoms with van der Waals surface area (Å²) in [6.45, 7) is 1.15. The van der Waals surface area contributed by atoms with E-state index in [1.165, 1.54) is 6.20 Å². The Bertz CT molecular complexity index is 1350. The molecule has 36 heavy (non-hydrogen) atoms. The largest absolute Gasteiger partial charge is 0.503 e. The van der Waals surface area contributed by atoms with E-state index in [4.69, 9.17) is 4.74 Å². The van der Waals surface area contributed by atoms with Gasteiger partial charge in [0.15, 0.2) is 11.4 Å². The maximum Gasteiger partial charge on any atom is 0.274 e. The number of hydrogen-bond acceptors (Lipinski definition) is 5. The molecule has 3 heterocycles. The van der Waals surface area contributed by atoms with E-state index in [1.54, 1.807) is 29.0 Å². The predicted molar refractivity (Wildman–Crippen MR) is 136 cm³/mol.